The molecule has 60 heavy (non-hydrogen) atoms. The Labute approximate surface area is 374 Å². The molecule has 0 radical (unpaired) electrons. The molecule has 0 heterocycles. The van der Waals surface area contributed by atoms with Crippen molar-refractivity contribution in [3.05, 3.63) is 0 Å². The first-order chi connectivity index (χ1) is 29.2. The van der Waals surface area contributed by atoms with Crippen molar-refractivity contribution in [1.82, 2.24) is 0 Å². The molecule has 6 heteroatoms. The van der Waals surface area contributed by atoms with Crippen molar-refractivity contribution in [3.63, 3.8) is 0 Å². The third-order valence-electron chi connectivity index (χ3n) is 12.8. The Morgan fingerprint density at radius 1 is 0.317 bits per heavy atom. The summed E-state index contributed by atoms with van der Waals surface area (Å²) < 4.78 is 17.0. The summed E-state index contributed by atoms with van der Waals surface area (Å²) >= 11 is 0. The molecule has 0 fully saturated rings. The monoisotopic (exact) mass is 849 g/mol. The van der Waals surface area contributed by atoms with Crippen LogP contribution in [0.2, 0.25) is 0 Å². The van der Waals surface area contributed by atoms with E-state index in [1.165, 1.54) is 193 Å². The molecule has 0 amide bonds. The molecule has 356 valence electrons. The first-order valence-electron chi connectivity index (χ1n) is 26.7. The first-order valence-corrected chi connectivity index (χ1v) is 26.7. The van der Waals surface area contributed by atoms with Crippen molar-refractivity contribution in [2.75, 3.05) is 13.2 Å². The molecule has 0 aliphatic heterocycles. The van der Waals surface area contributed by atoms with Crippen LogP contribution in [0, 0.1) is 17.8 Å². The minimum atomic E-state index is -0.777. The lowest BCUT2D eigenvalue weighted by atomic mass is 9.96. The van der Waals surface area contributed by atoms with Crippen LogP contribution in [-0.4, -0.2) is 37.2 Å². The summed E-state index contributed by atoms with van der Waals surface area (Å²) in [6.45, 7) is 13.5. The molecule has 0 spiro atoms. The van der Waals surface area contributed by atoms with Gasteiger partial charge in [0, 0.05) is 19.3 Å². The molecule has 0 aromatic rings. The summed E-state index contributed by atoms with van der Waals surface area (Å²) in [6.07, 6.45) is 45.5. The van der Waals surface area contributed by atoms with Gasteiger partial charge in [-0.3, -0.25) is 14.4 Å². The minimum Gasteiger partial charge on any atom is -0.462 e. The van der Waals surface area contributed by atoms with E-state index in [4.69, 9.17) is 14.2 Å². The highest BCUT2D eigenvalue weighted by Gasteiger charge is 2.20. The van der Waals surface area contributed by atoms with E-state index in [1.807, 2.05) is 0 Å². The lowest BCUT2D eigenvalue weighted by molar-refractivity contribution is -0.167. The van der Waals surface area contributed by atoms with Gasteiger partial charge in [-0.2, -0.15) is 0 Å². The van der Waals surface area contributed by atoms with Crippen LogP contribution >= 0.6 is 0 Å². The van der Waals surface area contributed by atoms with Crippen molar-refractivity contribution in [2.45, 2.75) is 298 Å². The fourth-order valence-electron chi connectivity index (χ4n) is 8.51. The zero-order valence-corrected chi connectivity index (χ0v) is 41.3. The summed E-state index contributed by atoms with van der Waals surface area (Å²) in [7, 11) is 0. The van der Waals surface area contributed by atoms with Crippen molar-refractivity contribution >= 4 is 17.9 Å². The quantitative estimate of drug-likeness (QED) is 0.0345. The smallest absolute Gasteiger partial charge is 0.306 e. The molecule has 0 aliphatic carbocycles. The van der Waals surface area contributed by atoms with Gasteiger partial charge in [-0.05, 0) is 37.0 Å². The number of hydrogen-bond acceptors (Lipinski definition) is 6. The summed E-state index contributed by atoms with van der Waals surface area (Å²) in [5.41, 5.74) is 0. The number of carbonyl (C=O) groups is 3. The second-order valence-corrected chi connectivity index (χ2v) is 19.3. The zero-order chi connectivity index (χ0) is 44.2. The predicted octanol–water partition coefficient (Wildman–Crippen LogP) is 17.2. The number of carbonyl (C=O) groups excluding carboxylic acids is 3. The SMILES string of the molecule is CCCCCCCCCCCC(C)CCCC(=O)OCC(COC(=O)CCCC(C)CCCCCCCCCCC)OC(=O)CCCC(C)CCCCCCCCCCC. The zero-order valence-electron chi connectivity index (χ0n) is 41.3. The Morgan fingerprint density at radius 3 is 0.833 bits per heavy atom. The predicted molar refractivity (Wildman–Crippen MR) is 256 cm³/mol. The molecular formula is C54H104O6. The van der Waals surface area contributed by atoms with Crippen LogP contribution in [-0.2, 0) is 28.6 Å². The first kappa shape index (κ1) is 58.4. The van der Waals surface area contributed by atoms with Crippen LogP contribution in [0.15, 0.2) is 0 Å². The van der Waals surface area contributed by atoms with E-state index in [0.717, 1.165) is 38.5 Å². The highest BCUT2D eigenvalue weighted by Crippen LogP contribution is 2.21. The maximum atomic E-state index is 12.9. The summed E-state index contributed by atoms with van der Waals surface area (Å²) in [5, 5.41) is 0. The van der Waals surface area contributed by atoms with Gasteiger partial charge in [0.15, 0.2) is 6.10 Å². The lowest BCUT2D eigenvalue weighted by Gasteiger charge is -2.19. The minimum absolute atomic E-state index is 0.0728. The highest BCUT2D eigenvalue weighted by atomic mass is 16.6. The van der Waals surface area contributed by atoms with Gasteiger partial charge >= 0.3 is 17.9 Å². The summed E-state index contributed by atoms with van der Waals surface area (Å²) in [6, 6.07) is 0. The molecule has 0 rings (SSSR count). The fraction of sp³-hybridized carbons (Fsp3) is 0.944. The van der Waals surface area contributed by atoms with E-state index >= 15 is 0 Å². The molecule has 3 atom stereocenters. The number of esters is 3. The molecule has 0 bridgehead atoms. The molecular weight excluding hydrogens is 745 g/mol. The average Bonchev–Trinajstić information content (AvgIpc) is 3.22. The van der Waals surface area contributed by atoms with Crippen molar-refractivity contribution in [3.8, 4) is 0 Å². The van der Waals surface area contributed by atoms with E-state index in [1.54, 1.807) is 0 Å². The van der Waals surface area contributed by atoms with Gasteiger partial charge in [-0.1, -0.05) is 253 Å². The van der Waals surface area contributed by atoms with Gasteiger partial charge in [-0.25, -0.2) is 0 Å². The average molecular weight is 849 g/mol. The van der Waals surface area contributed by atoms with Gasteiger partial charge in [0.1, 0.15) is 13.2 Å². The van der Waals surface area contributed by atoms with Crippen molar-refractivity contribution in [2.24, 2.45) is 17.8 Å². The highest BCUT2D eigenvalue weighted by molar-refractivity contribution is 5.71. The second kappa shape index (κ2) is 45.4. The molecule has 0 aromatic heterocycles. The van der Waals surface area contributed by atoms with Gasteiger partial charge < -0.3 is 14.2 Å². The van der Waals surface area contributed by atoms with E-state index in [2.05, 4.69) is 41.5 Å². The van der Waals surface area contributed by atoms with E-state index in [9.17, 15) is 14.4 Å². The lowest BCUT2D eigenvalue weighted by Crippen LogP contribution is -2.31. The number of ether oxygens (including phenoxy) is 3. The molecule has 3 unspecified atom stereocenters. The van der Waals surface area contributed by atoms with Gasteiger partial charge in [0.2, 0.25) is 0 Å². The third-order valence-corrected chi connectivity index (χ3v) is 12.8. The number of rotatable bonds is 47. The van der Waals surface area contributed by atoms with Crippen LogP contribution in [0.1, 0.15) is 292 Å². The molecule has 0 saturated heterocycles. The van der Waals surface area contributed by atoms with Crippen LogP contribution in [0.5, 0.6) is 0 Å². The van der Waals surface area contributed by atoms with Crippen LogP contribution < -0.4 is 0 Å². The van der Waals surface area contributed by atoms with E-state index < -0.39 is 6.10 Å². The van der Waals surface area contributed by atoms with Gasteiger partial charge in [0.05, 0.1) is 0 Å². The van der Waals surface area contributed by atoms with Crippen LogP contribution in [0.25, 0.3) is 0 Å². The fourth-order valence-corrected chi connectivity index (χ4v) is 8.51. The topological polar surface area (TPSA) is 78.9 Å². The van der Waals surface area contributed by atoms with Crippen LogP contribution in [0.3, 0.4) is 0 Å². The molecule has 0 aliphatic rings. The Morgan fingerprint density at radius 2 is 0.550 bits per heavy atom. The van der Waals surface area contributed by atoms with Crippen LogP contribution in [0.4, 0.5) is 0 Å². The second-order valence-electron chi connectivity index (χ2n) is 19.3. The summed E-state index contributed by atoms with van der Waals surface area (Å²) in [5.74, 6) is 0.925. The largest absolute Gasteiger partial charge is 0.462 e. The maximum absolute atomic E-state index is 12.9. The number of unbranched alkanes of at least 4 members (excludes halogenated alkanes) is 24. The third kappa shape index (κ3) is 43.1. The standard InChI is InChI=1S/C54H104O6/c1-7-10-13-16-19-22-25-28-31-37-48(4)40-34-43-52(55)58-46-51(60-54(57)45-36-42-50(6)39-33-30-27-24-21-18-15-12-9-3)47-59-53(56)44-35-41-49(5)38-32-29-26-23-20-17-14-11-8-2/h48-51H,7-47H2,1-6H3. The molecule has 6 nitrogen and oxygen atoms in total. The molecule has 0 N–H and O–H groups in total. The molecule has 0 saturated carbocycles. The van der Waals surface area contributed by atoms with E-state index in [-0.39, 0.29) is 31.1 Å². The van der Waals surface area contributed by atoms with Gasteiger partial charge in [0.25, 0.3) is 0 Å². The molecule has 0 aromatic carbocycles. The Balaban J connectivity index is 4.57. The number of hydrogen-bond donors (Lipinski definition) is 0. The van der Waals surface area contributed by atoms with Gasteiger partial charge in [-0.15, -0.1) is 0 Å². The van der Waals surface area contributed by atoms with E-state index in [0.29, 0.717) is 37.0 Å². The normalized spacial score (nSPS) is 13.5. The summed E-state index contributed by atoms with van der Waals surface area (Å²) in [4.78, 5) is 38.4. The Bertz CT molecular complexity index is 885. The Hall–Kier alpha value is -1.59. The Kier molecular flexibility index (Phi) is 44.2. The van der Waals surface area contributed by atoms with Crippen molar-refractivity contribution < 1.29 is 28.6 Å². The van der Waals surface area contributed by atoms with Crippen molar-refractivity contribution in [1.29, 1.82) is 0 Å². The maximum Gasteiger partial charge on any atom is 0.306 e.